The van der Waals surface area contributed by atoms with Crippen molar-refractivity contribution in [3.05, 3.63) is 65.2 Å². The topological polar surface area (TPSA) is 118 Å². The van der Waals surface area contributed by atoms with E-state index in [1.807, 2.05) is 0 Å². The Morgan fingerprint density at radius 3 is 2.44 bits per heavy atom. The minimum atomic E-state index is -1.15. The summed E-state index contributed by atoms with van der Waals surface area (Å²) >= 11 is 0. The van der Waals surface area contributed by atoms with E-state index < -0.39 is 41.4 Å². The first-order valence-electron chi connectivity index (χ1n) is 11.1. The molecule has 2 aliphatic rings. The average molecular weight is 475 g/mol. The molecule has 10 heteroatoms. The summed E-state index contributed by atoms with van der Waals surface area (Å²) in [5.41, 5.74) is 5.53. The molecule has 0 spiro atoms. The van der Waals surface area contributed by atoms with Crippen LogP contribution in [0.5, 0.6) is 5.75 Å². The van der Waals surface area contributed by atoms with E-state index in [0.29, 0.717) is 30.7 Å². The van der Waals surface area contributed by atoms with Gasteiger partial charge in [-0.15, -0.1) is 0 Å². The number of nitrogens with two attached hydrogens (primary N) is 1. The molecule has 182 valence electrons. The molecule has 3 unspecified atom stereocenters. The summed E-state index contributed by atoms with van der Waals surface area (Å²) in [6, 6.07) is 8.79. The minimum absolute atomic E-state index is 0.0854. The highest BCUT2D eigenvalue weighted by Gasteiger charge is 2.38. The van der Waals surface area contributed by atoms with Crippen molar-refractivity contribution < 1.29 is 33.3 Å². The monoisotopic (exact) mass is 475 g/mol. The van der Waals surface area contributed by atoms with Crippen LogP contribution in [0.25, 0.3) is 0 Å². The van der Waals surface area contributed by atoms with Gasteiger partial charge in [-0.25, -0.2) is 13.8 Å². The van der Waals surface area contributed by atoms with Gasteiger partial charge in [-0.05, 0) is 42.7 Å². The predicted molar refractivity (Wildman–Crippen MR) is 119 cm³/mol. The number of primary amides is 1. The van der Waals surface area contributed by atoms with Crippen molar-refractivity contribution in [3.8, 4) is 5.75 Å². The van der Waals surface area contributed by atoms with Gasteiger partial charge in [-0.2, -0.15) is 0 Å². The lowest BCUT2D eigenvalue weighted by Gasteiger charge is -2.30. The molecule has 2 aromatic rings. The Morgan fingerprint density at radius 1 is 1.18 bits per heavy atom. The maximum absolute atomic E-state index is 14.2. The number of rotatable bonds is 8. The lowest BCUT2D eigenvalue weighted by molar-refractivity contribution is -0.120. The molecule has 2 aromatic carbocycles. The van der Waals surface area contributed by atoms with Crippen LogP contribution < -0.4 is 10.5 Å². The summed E-state index contributed by atoms with van der Waals surface area (Å²) in [5.74, 6) is -2.33. The molecule has 1 amide bonds. The molecule has 2 aliphatic heterocycles. The summed E-state index contributed by atoms with van der Waals surface area (Å²) in [4.78, 5) is 18.1. The van der Waals surface area contributed by atoms with Crippen LogP contribution in [0.3, 0.4) is 0 Å². The van der Waals surface area contributed by atoms with E-state index in [1.165, 1.54) is 6.07 Å². The van der Waals surface area contributed by atoms with Crippen LogP contribution in [0.2, 0.25) is 0 Å². The average Bonchev–Trinajstić information content (AvgIpc) is 3.25. The standard InChI is InChI=1S/C24H27F2N3O5/c25-18-2-1-3-19(26)20(18)24-28-21(23(27)32)22(34-24)14-4-6-17(7-5-14)33-13-16(31)12-29-10-8-15(30)9-11-29/h1-7,15-16,21-22,30-31H,8-13H2,(H2,27,32). The maximum Gasteiger partial charge on any atom is 0.246 e. The number of amides is 1. The summed E-state index contributed by atoms with van der Waals surface area (Å²) in [6.45, 7) is 2.00. The third kappa shape index (κ3) is 5.52. The van der Waals surface area contributed by atoms with Gasteiger partial charge in [0.1, 0.15) is 35.7 Å². The van der Waals surface area contributed by atoms with Gasteiger partial charge in [0.15, 0.2) is 12.1 Å². The van der Waals surface area contributed by atoms with Gasteiger partial charge in [0.05, 0.1) is 6.10 Å². The van der Waals surface area contributed by atoms with E-state index in [4.69, 9.17) is 15.2 Å². The van der Waals surface area contributed by atoms with Crippen LogP contribution in [0.15, 0.2) is 47.5 Å². The van der Waals surface area contributed by atoms with Gasteiger partial charge in [0.25, 0.3) is 0 Å². The molecule has 1 saturated heterocycles. The number of carbonyl (C=O) groups excluding carboxylic acids is 1. The van der Waals surface area contributed by atoms with Gasteiger partial charge < -0.3 is 30.3 Å². The van der Waals surface area contributed by atoms with E-state index in [-0.39, 0.29) is 18.6 Å². The molecule has 0 bridgehead atoms. The maximum atomic E-state index is 14.2. The molecule has 8 nitrogen and oxygen atoms in total. The second kappa shape index (κ2) is 10.5. The summed E-state index contributed by atoms with van der Waals surface area (Å²) in [5, 5.41) is 19.8. The van der Waals surface area contributed by atoms with Crippen molar-refractivity contribution in [1.29, 1.82) is 0 Å². The van der Waals surface area contributed by atoms with Crippen LogP contribution in [-0.2, 0) is 9.53 Å². The molecular formula is C24H27F2N3O5. The fourth-order valence-electron chi connectivity index (χ4n) is 4.10. The van der Waals surface area contributed by atoms with Gasteiger partial charge >= 0.3 is 0 Å². The third-order valence-corrected chi connectivity index (χ3v) is 5.93. The number of aliphatic imine (C=N–C) groups is 1. The van der Waals surface area contributed by atoms with Crippen LogP contribution in [0.1, 0.15) is 30.1 Å². The smallest absolute Gasteiger partial charge is 0.246 e. The highest BCUT2D eigenvalue weighted by molar-refractivity contribution is 5.99. The van der Waals surface area contributed by atoms with Gasteiger partial charge in [-0.1, -0.05) is 18.2 Å². The molecule has 4 N–H and O–H groups in total. The third-order valence-electron chi connectivity index (χ3n) is 5.93. The normalized spacial score (nSPS) is 22.2. The fraction of sp³-hybridized carbons (Fsp3) is 0.417. The largest absolute Gasteiger partial charge is 0.491 e. The Morgan fingerprint density at radius 2 is 1.82 bits per heavy atom. The SMILES string of the molecule is NC(=O)C1N=C(c2c(F)cccc2F)OC1c1ccc(OCC(O)CN2CCC(O)CC2)cc1. The number of likely N-dealkylation sites (tertiary alicyclic amines) is 1. The minimum Gasteiger partial charge on any atom is -0.491 e. The van der Waals surface area contributed by atoms with Crippen molar-refractivity contribution in [2.24, 2.45) is 10.7 Å². The number of benzene rings is 2. The fourth-order valence-corrected chi connectivity index (χ4v) is 4.10. The number of hydrogen-bond acceptors (Lipinski definition) is 7. The van der Waals surface area contributed by atoms with Crippen molar-refractivity contribution in [3.63, 3.8) is 0 Å². The van der Waals surface area contributed by atoms with Crippen molar-refractivity contribution in [2.75, 3.05) is 26.2 Å². The number of halogens is 2. The first-order valence-corrected chi connectivity index (χ1v) is 11.1. The van der Waals surface area contributed by atoms with Crippen molar-refractivity contribution >= 4 is 11.8 Å². The molecule has 2 heterocycles. The Labute approximate surface area is 195 Å². The Kier molecular flexibility index (Phi) is 7.40. The first-order chi connectivity index (χ1) is 16.3. The zero-order valence-corrected chi connectivity index (χ0v) is 18.4. The van der Waals surface area contributed by atoms with Crippen LogP contribution >= 0.6 is 0 Å². The number of piperidine rings is 1. The predicted octanol–water partition coefficient (Wildman–Crippen LogP) is 1.53. The number of aliphatic hydroxyl groups excluding tert-OH is 2. The van der Waals surface area contributed by atoms with Gasteiger partial charge in [0, 0.05) is 19.6 Å². The molecule has 34 heavy (non-hydrogen) atoms. The van der Waals surface area contributed by atoms with Crippen LogP contribution in [0, 0.1) is 11.6 Å². The Bertz CT molecular complexity index is 1020. The Hall–Kier alpha value is -3.08. The van der Waals surface area contributed by atoms with Crippen molar-refractivity contribution in [1.82, 2.24) is 4.90 Å². The molecule has 1 fully saturated rings. The highest BCUT2D eigenvalue weighted by Crippen LogP contribution is 2.33. The second-order valence-electron chi connectivity index (χ2n) is 8.48. The molecule has 0 radical (unpaired) electrons. The summed E-state index contributed by atoms with van der Waals surface area (Å²) < 4.78 is 39.6. The molecule has 3 atom stereocenters. The van der Waals surface area contributed by atoms with E-state index in [9.17, 15) is 23.8 Å². The zero-order valence-electron chi connectivity index (χ0n) is 18.4. The molecule has 0 aromatic heterocycles. The number of β-amino-alcohol motifs (C(OH)–C–C–N with tert-alkyl or cyclic N) is 1. The van der Waals surface area contributed by atoms with Crippen LogP contribution in [-0.4, -0.2) is 71.4 Å². The molecule has 4 rings (SSSR count). The van der Waals surface area contributed by atoms with E-state index >= 15 is 0 Å². The van der Waals surface area contributed by atoms with E-state index in [1.54, 1.807) is 24.3 Å². The lowest BCUT2D eigenvalue weighted by atomic mass is 10.0. The van der Waals surface area contributed by atoms with Crippen LogP contribution in [0.4, 0.5) is 8.78 Å². The Balaban J connectivity index is 1.37. The molecule has 0 saturated carbocycles. The zero-order chi connectivity index (χ0) is 24.2. The molecule has 0 aliphatic carbocycles. The number of aliphatic hydroxyl groups is 2. The number of nitrogens with zero attached hydrogens (tertiary/aromatic N) is 2. The lowest BCUT2D eigenvalue weighted by Crippen LogP contribution is -2.41. The number of hydrogen-bond donors (Lipinski definition) is 3. The quantitative estimate of drug-likeness (QED) is 0.533. The van der Waals surface area contributed by atoms with E-state index in [2.05, 4.69) is 9.89 Å². The number of carbonyl (C=O) groups is 1. The van der Waals surface area contributed by atoms with E-state index in [0.717, 1.165) is 25.2 Å². The molecular weight excluding hydrogens is 448 g/mol. The summed E-state index contributed by atoms with van der Waals surface area (Å²) in [7, 11) is 0. The van der Waals surface area contributed by atoms with Gasteiger partial charge in [-0.3, -0.25) is 4.79 Å². The van der Waals surface area contributed by atoms with Gasteiger partial charge in [0.2, 0.25) is 11.8 Å². The second-order valence-corrected chi connectivity index (χ2v) is 8.48. The summed E-state index contributed by atoms with van der Waals surface area (Å²) in [6.07, 6.45) is -0.521. The number of ether oxygens (including phenoxy) is 2. The van der Waals surface area contributed by atoms with Crippen molar-refractivity contribution in [2.45, 2.75) is 37.2 Å². The first kappa shape index (κ1) is 24.1. The highest BCUT2D eigenvalue weighted by atomic mass is 19.1.